The van der Waals surface area contributed by atoms with Gasteiger partial charge in [0, 0.05) is 13.7 Å². The lowest BCUT2D eigenvalue weighted by Crippen LogP contribution is -1.96. The molecule has 0 heterocycles. The Kier molecular flexibility index (Phi) is 4.63. The van der Waals surface area contributed by atoms with Gasteiger partial charge in [-0.3, -0.25) is 0 Å². The zero-order valence-electron chi connectivity index (χ0n) is 8.92. The number of ether oxygens (including phenoxy) is 1. The van der Waals surface area contributed by atoms with Gasteiger partial charge in [-0.15, -0.1) is 0 Å². The van der Waals surface area contributed by atoms with Crippen LogP contribution in [0.3, 0.4) is 0 Å². The normalized spacial score (nSPS) is 10.5. The fourth-order valence-corrected chi connectivity index (χ4v) is 1.57. The maximum atomic E-state index is 8.87. The van der Waals surface area contributed by atoms with Crippen LogP contribution in [-0.4, -0.2) is 18.8 Å². The number of methoxy groups -OCH3 is 1. The van der Waals surface area contributed by atoms with Crippen LogP contribution in [0.1, 0.15) is 23.6 Å². The van der Waals surface area contributed by atoms with Gasteiger partial charge in [0.15, 0.2) is 0 Å². The molecule has 0 atom stereocenters. The second-order valence-corrected chi connectivity index (χ2v) is 3.42. The Labute approximate surface area is 85.5 Å². The summed E-state index contributed by atoms with van der Waals surface area (Å²) >= 11 is 0. The smallest absolute Gasteiger partial charge is 0.0713 e. The van der Waals surface area contributed by atoms with Gasteiger partial charge in [0.2, 0.25) is 0 Å². The number of rotatable bonds is 5. The van der Waals surface area contributed by atoms with Crippen molar-refractivity contribution >= 4 is 0 Å². The molecule has 0 saturated carbocycles. The molecule has 0 saturated heterocycles. The summed E-state index contributed by atoms with van der Waals surface area (Å²) < 4.78 is 5.10. The Morgan fingerprint density at radius 2 is 1.79 bits per heavy atom. The largest absolute Gasteiger partial charge is 0.396 e. The lowest BCUT2D eigenvalue weighted by atomic mass is 10.0. The van der Waals surface area contributed by atoms with Crippen molar-refractivity contribution in [1.29, 1.82) is 0 Å². The standard InChI is InChI=1S/C12H18O2/c1-3-10-6-11(4-5-13)8-12(7-10)9-14-2/h6-8,13H,3-5,9H2,1-2H3. The molecular formula is C12H18O2. The summed E-state index contributed by atoms with van der Waals surface area (Å²) in [4.78, 5) is 0. The van der Waals surface area contributed by atoms with Gasteiger partial charge in [0.25, 0.3) is 0 Å². The molecule has 1 N–H and O–H groups in total. The summed E-state index contributed by atoms with van der Waals surface area (Å²) in [6.07, 6.45) is 1.75. The molecule has 78 valence electrons. The van der Waals surface area contributed by atoms with Crippen molar-refractivity contribution in [2.75, 3.05) is 13.7 Å². The Morgan fingerprint density at radius 3 is 2.36 bits per heavy atom. The van der Waals surface area contributed by atoms with E-state index in [0.29, 0.717) is 6.61 Å². The second kappa shape index (κ2) is 5.78. The van der Waals surface area contributed by atoms with E-state index in [4.69, 9.17) is 9.84 Å². The lowest BCUT2D eigenvalue weighted by molar-refractivity contribution is 0.184. The molecule has 0 unspecified atom stereocenters. The molecule has 2 heteroatoms. The quantitative estimate of drug-likeness (QED) is 0.776. The summed E-state index contributed by atoms with van der Waals surface area (Å²) in [7, 11) is 1.70. The van der Waals surface area contributed by atoms with Crippen LogP contribution in [0.25, 0.3) is 0 Å². The van der Waals surface area contributed by atoms with E-state index in [2.05, 4.69) is 25.1 Å². The van der Waals surface area contributed by atoms with E-state index in [1.165, 1.54) is 16.7 Å². The van der Waals surface area contributed by atoms with Gasteiger partial charge in [0.05, 0.1) is 6.61 Å². The van der Waals surface area contributed by atoms with Gasteiger partial charge in [-0.2, -0.15) is 0 Å². The molecule has 1 aromatic carbocycles. The highest BCUT2D eigenvalue weighted by molar-refractivity contribution is 5.30. The van der Waals surface area contributed by atoms with Crippen molar-refractivity contribution < 1.29 is 9.84 Å². The number of aliphatic hydroxyl groups is 1. The highest BCUT2D eigenvalue weighted by Crippen LogP contribution is 2.12. The number of aliphatic hydroxyl groups excluding tert-OH is 1. The van der Waals surface area contributed by atoms with Crippen LogP contribution < -0.4 is 0 Å². The maximum absolute atomic E-state index is 8.87. The predicted molar refractivity (Wildman–Crippen MR) is 57.3 cm³/mol. The summed E-state index contributed by atoms with van der Waals surface area (Å²) in [5.74, 6) is 0. The molecule has 2 nitrogen and oxygen atoms in total. The van der Waals surface area contributed by atoms with Crippen LogP contribution >= 0.6 is 0 Å². The van der Waals surface area contributed by atoms with Crippen LogP contribution in [0.4, 0.5) is 0 Å². The summed E-state index contributed by atoms with van der Waals surface area (Å²) in [6, 6.07) is 6.40. The van der Waals surface area contributed by atoms with Crippen molar-refractivity contribution in [3.8, 4) is 0 Å². The van der Waals surface area contributed by atoms with E-state index in [-0.39, 0.29) is 6.61 Å². The van der Waals surface area contributed by atoms with Crippen LogP contribution in [0.15, 0.2) is 18.2 Å². The highest BCUT2D eigenvalue weighted by atomic mass is 16.5. The number of hydrogen-bond acceptors (Lipinski definition) is 2. The third-order valence-corrected chi connectivity index (χ3v) is 2.23. The van der Waals surface area contributed by atoms with Gasteiger partial charge in [-0.05, 0) is 29.5 Å². The minimum Gasteiger partial charge on any atom is -0.396 e. The van der Waals surface area contributed by atoms with Crippen LogP contribution in [0.5, 0.6) is 0 Å². The highest BCUT2D eigenvalue weighted by Gasteiger charge is 1.99. The fourth-order valence-electron chi connectivity index (χ4n) is 1.57. The molecular weight excluding hydrogens is 176 g/mol. The molecule has 0 aliphatic rings. The maximum Gasteiger partial charge on any atom is 0.0713 e. The Morgan fingerprint density at radius 1 is 1.14 bits per heavy atom. The topological polar surface area (TPSA) is 29.5 Å². The Bertz CT molecular complexity index is 257. The van der Waals surface area contributed by atoms with Crippen molar-refractivity contribution in [3.05, 3.63) is 34.9 Å². The van der Waals surface area contributed by atoms with Crippen molar-refractivity contribution in [3.63, 3.8) is 0 Å². The summed E-state index contributed by atoms with van der Waals surface area (Å²) in [5, 5.41) is 8.87. The first kappa shape index (κ1) is 11.2. The zero-order chi connectivity index (χ0) is 10.4. The Hall–Kier alpha value is -0.860. The van der Waals surface area contributed by atoms with Crippen LogP contribution in [0, 0.1) is 0 Å². The van der Waals surface area contributed by atoms with Crippen LogP contribution in [0.2, 0.25) is 0 Å². The van der Waals surface area contributed by atoms with E-state index in [0.717, 1.165) is 12.8 Å². The second-order valence-electron chi connectivity index (χ2n) is 3.42. The lowest BCUT2D eigenvalue weighted by Gasteiger charge is -2.07. The first-order chi connectivity index (χ1) is 6.80. The van der Waals surface area contributed by atoms with E-state index in [1.54, 1.807) is 7.11 Å². The monoisotopic (exact) mass is 194 g/mol. The average Bonchev–Trinajstić information content (AvgIpc) is 2.18. The van der Waals surface area contributed by atoms with Gasteiger partial charge < -0.3 is 9.84 Å². The first-order valence-electron chi connectivity index (χ1n) is 5.01. The van der Waals surface area contributed by atoms with Gasteiger partial charge in [0.1, 0.15) is 0 Å². The number of hydrogen-bond donors (Lipinski definition) is 1. The fraction of sp³-hybridized carbons (Fsp3) is 0.500. The van der Waals surface area contributed by atoms with E-state index >= 15 is 0 Å². The Balaban J connectivity index is 2.88. The minimum absolute atomic E-state index is 0.208. The molecule has 0 spiro atoms. The van der Waals surface area contributed by atoms with Crippen molar-refractivity contribution in [2.24, 2.45) is 0 Å². The molecule has 0 aromatic heterocycles. The van der Waals surface area contributed by atoms with E-state index < -0.39 is 0 Å². The van der Waals surface area contributed by atoms with Gasteiger partial charge in [-0.1, -0.05) is 25.1 Å². The minimum atomic E-state index is 0.208. The third-order valence-electron chi connectivity index (χ3n) is 2.23. The molecule has 0 aliphatic carbocycles. The third kappa shape index (κ3) is 3.13. The molecule has 0 radical (unpaired) electrons. The van der Waals surface area contributed by atoms with Gasteiger partial charge >= 0.3 is 0 Å². The molecule has 0 fully saturated rings. The van der Waals surface area contributed by atoms with Gasteiger partial charge in [-0.25, -0.2) is 0 Å². The zero-order valence-corrected chi connectivity index (χ0v) is 8.92. The van der Waals surface area contributed by atoms with Crippen LogP contribution in [-0.2, 0) is 24.2 Å². The summed E-state index contributed by atoms with van der Waals surface area (Å²) in [5.41, 5.74) is 3.69. The summed E-state index contributed by atoms with van der Waals surface area (Å²) in [6.45, 7) is 2.99. The molecule has 1 aromatic rings. The number of benzene rings is 1. The SMILES string of the molecule is CCc1cc(CCO)cc(COC)c1. The molecule has 14 heavy (non-hydrogen) atoms. The van der Waals surface area contributed by atoms with Crippen molar-refractivity contribution in [1.82, 2.24) is 0 Å². The average molecular weight is 194 g/mol. The number of aryl methyl sites for hydroxylation is 1. The molecule has 0 amide bonds. The molecule has 0 aliphatic heterocycles. The van der Waals surface area contributed by atoms with E-state index in [1.807, 2.05) is 0 Å². The van der Waals surface area contributed by atoms with Crippen molar-refractivity contribution in [2.45, 2.75) is 26.4 Å². The van der Waals surface area contributed by atoms with E-state index in [9.17, 15) is 0 Å². The predicted octanol–water partition coefficient (Wildman–Crippen LogP) is 1.93. The molecule has 1 rings (SSSR count). The molecule has 0 bridgehead atoms. The first-order valence-corrected chi connectivity index (χ1v) is 5.01.